The Morgan fingerprint density at radius 2 is 2.33 bits per heavy atom. The van der Waals surface area contributed by atoms with Crippen molar-refractivity contribution in [2.75, 3.05) is 6.61 Å². The van der Waals surface area contributed by atoms with Crippen molar-refractivity contribution in [3.8, 4) is 0 Å². The molecule has 1 rings (SSSR count). The summed E-state index contributed by atoms with van der Waals surface area (Å²) in [7, 11) is 0. The van der Waals surface area contributed by atoms with Gasteiger partial charge in [-0.2, -0.15) is 0 Å². The highest BCUT2D eigenvalue weighted by molar-refractivity contribution is 4.92. The Balaban J connectivity index is 2.45. The molecule has 0 aliphatic heterocycles. The lowest BCUT2D eigenvalue weighted by Gasteiger charge is -2.14. The first-order chi connectivity index (χ1) is 7.31. The molecule has 0 bridgehead atoms. The summed E-state index contributed by atoms with van der Waals surface area (Å²) in [5.41, 5.74) is 0. The van der Waals surface area contributed by atoms with Gasteiger partial charge in [0.05, 0.1) is 13.2 Å². The molecular formula is C11H21N3O. The largest absolute Gasteiger partial charge is 0.395 e. The third-order valence-corrected chi connectivity index (χ3v) is 2.53. The number of hydrogen-bond acceptors (Lipinski definition) is 3. The number of aryl methyl sites for hydroxylation is 1. The van der Waals surface area contributed by atoms with Crippen molar-refractivity contribution in [2.24, 2.45) is 0 Å². The van der Waals surface area contributed by atoms with Crippen LogP contribution in [0.3, 0.4) is 0 Å². The zero-order valence-corrected chi connectivity index (χ0v) is 9.61. The van der Waals surface area contributed by atoms with Crippen molar-refractivity contribution in [3.05, 3.63) is 18.2 Å². The van der Waals surface area contributed by atoms with Crippen molar-refractivity contribution in [1.29, 1.82) is 0 Å². The van der Waals surface area contributed by atoms with E-state index in [4.69, 9.17) is 5.11 Å². The van der Waals surface area contributed by atoms with Gasteiger partial charge in [-0.3, -0.25) is 0 Å². The monoisotopic (exact) mass is 211 g/mol. The van der Waals surface area contributed by atoms with Crippen LogP contribution in [-0.2, 0) is 13.1 Å². The van der Waals surface area contributed by atoms with Gasteiger partial charge in [-0.05, 0) is 12.8 Å². The first-order valence-electron chi connectivity index (χ1n) is 5.66. The molecule has 4 heteroatoms. The van der Waals surface area contributed by atoms with Gasteiger partial charge in [0.25, 0.3) is 0 Å². The Labute approximate surface area is 91.3 Å². The zero-order chi connectivity index (χ0) is 11.1. The molecule has 1 aromatic heterocycles. The first kappa shape index (κ1) is 12.2. The van der Waals surface area contributed by atoms with Crippen LogP contribution in [-0.4, -0.2) is 27.3 Å². The number of aliphatic hydroxyl groups excluding tert-OH is 1. The molecule has 0 aromatic carbocycles. The highest BCUT2D eigenvalue weighted by Gasteiger charge is 2.06. The van der Waals surface area contributed by atoms with E-state index in [9.17, 15) is 0 Å². The fourth-order valence-corrected chi connectivity index (χ4v) is 1.53. The molecule has 0 amide bonds. The van der Waals surface area contributed by atoms with Crippen LogP contribution in [0.1, 0.15) is 32.5 Å². The number of aliphatic hydroxyl groups is 1. The van der Waals surface area contributed by atoms with Gasteiger partial charge in [0.2, 0.25) is 0 Å². The van der Waals surface area contributed by atoms with E-state index in [1.807, 2.05) is 12.4 Å². The van der Waals surface area contributed by atoms with Crippen LogP contribution in [0.25, 0.3) is 0 Å². The molecule has 0 spiro atoms. The highest BCUT2D eigenvalue weighted by atomic mass is 16.3. The summed E-state index contributed by atoms with van der Waals surface area (Å²) in [6.07, 6.45) is 5.87. The van der Waals surface area contributed by atoms with Crippen molar-refractivity contribution in [2.45, 2.75) is 45.8 Å². The van der Waals surface area contributed by atoms with Gasteiger partial charge < -0.3 is 15.0 Å². The Hall–Kier alpha value is -0.870. The summed E-state index contributed by atoms with van der Waals surface area (Å²) in [6.45, 7) is 6.14. The molecule has 0 aliphatic rings. The van der Waals surface area contributed by atoms with Gasteiger partial charge >= 0.3 is 0 Å². The number of aromatic nitrogens is 2. The lowest BCUT2D eigenvalue weighted by atomic mass is 10.2. The second-order valence-electron chi connectivity index (χ2n) is 3.71. The SMILES string of the molecule is CCCn1ccnc1CN[C@@H](CC)CO. The minimum absolute atomic E-state index is 0.178. The topological polar surface area (TPSA) is 50.1 Å². The molecule has 0 aliphatic carbocycles. The number of nitrogens with zero attached hydrogens (tertiary/aromatic N) is 2. The van der Waals surface area contributed by atoms with Crippen LogP contribution in [0.4, 0.5) is 0 Å². The van der Waals surface area contributed by atoms with E-state index < -0.39 is 0 Å². The molecule has 0 saturated carbocycles. The minimum atomic E-state index is 0.178. The van der Waals surface area contributed by atoms with Crippen LogP contribution in [0, 0.1) is 0 Å². The van der Waals surface area contributed by atoms with E-state index >= 15 is 0 Å². The third kappa shape index (κ3) is 3.64. The number of rotatable bonds is 7. The Kier molecular flexibility index (Phi) is 5.36. The molecule has 4 nitrogen and oxygen atoms in total. The minimum Gasteiger partial charge on any atom is -0.395 e. The van der Waals surface area contributed by atoms with Gasteiger partial charge in [-0.15, -0.1) is 0 Å². The average molecular weight is 211 g/mol. The summed E-state index contributed by atoms with van der Waals surface area (Å²) >= 11 is 0. The summed E-state index contributed by atoms with van der Waals surface area (Å²) in [6, 6.07) is 0.178. The van der Waals surface area contributed by atoms with Crippen LogP contribution < -0.4 is 5.32 Å². The van der Waals surface area contributed by atoms with Crippen molar-refractivity contribution >= 4 is 0 Å². The zero-order valence-electron chi connectivity index (χ0n) is 9.61. The second-order valence-corrected chi connectivity index (χ2v) is 3.71. The van der Waals surface area contributed by atoms with E-state index in [0.717, 1.165) is 31.8 Å². The normalized spacial score (nSPS) is 13.0. The lowest BCUT2D eigenvalue weighted by Crippen LogP contribution is -2.32. The van der Waals surface area contributed by atoms with Crippen LogP contribution in [0.2, 0.25) is 0 Å². The molecule has 1 aromatic rings. The van der Waals surface area contributed by atoms with Gasteiger partial charge in [0, 0.05) is 25.0 Å². The Bertz CT molecular complexity index is 269. The standard InChI is InChI=1S/C11H21N3O/c1-3-6-14-7-5-12-11(14)8-13-10(4-2)9-15/h5,7,10,13,15H,3-4,6,8-9H2,1-2H3/t10-/m0/s1. The number of imidazole rings is 1. The Morgan fingerprint density at radius 3 is 2.93 bits per heavy atom. The highest BCUT2D eigenvalue weighted by Crippen LogP contribution is 2.00. The fourth-order valence-electron chi connectivity index (χ4n) is 1.53. The Morgan fingerprint density at radius 1 is 1.53 bits per heavy atom. The number of nitrogens with one attached hydrogen (secondary N) is 1. The summed E-state index contributed by atoms with van der Waals surface area (Å²) in [5.74, 6) is 1.05. The van der Waals surface area contributed by atoms with Crippen molar-refractivity contribution in [1.82, 2.24) is 14.9 Å². The van der Waals surface area contributed by atoms with Crippen molar-refractivity contribution in [3.63, 3.8) is 0 Å². The lowest BCUT2D eigenvalue weighted by molar-refractivity contribution is 0.237. The van der Waals surface area contributed by atoms with E-state index in [0.29, 0.717) is 0 Å². The summed E-state index contributed by atoms with van der Waals surface area (Å²) in [5, 5.41) is 12.3. The van der Waals surface area contributed by atoms with E-state index in [-0.39, 0.29) is 12.6 Å². The molecule has 1 heterocycles. The maximum Gasteiger partial charge on any atom is 0.122 e. The van der Waals surface area contributed by atoms with Crippen LogP contribution in [0.5, 0.6) is 0 Å². The van der Waals surface area contributed by atoms with E-state index in [1.165, 1.54) is 0 Å². The maximum absolute atomic E-state index is 9.04. The molecule has 0 unspecified atom stereocenters. The molecule has 1 atom stereocenters. The maximum atomic E-state index is 9.04. The predicted molar refractivity (Wildman–Crippen MR) is 60.5 cm³/mol. The fraction of sp³-hybridized carbons (Fsp3) is 0.727. The molecule has 15 heavy (non-hydrogen) atoms. The first-order valence-corrected chi connectivity index (χ1v) is 5.66. The summed E-state index contributed by atoms with van der Waals surface area (Å²) < 4.78 is 2.15. The molecule has 86 valence electrons. The average Bonchev–Trinajstić information content (AvgIpc) is 2.68. The van der Waals surface area contributed by atoms with Crippen LogP contribution >= 0.6 is 0 Å². The quantitative estimate of drug-likeness (QED) is 0.711. The van der Waals surface area contributed by atoms with Gasteiger partial charge in [-0.25, -0.2) is 4.98 Å². The van der Waals surface area contributed by atoms with Crippen molar-refractivity contribution < 1.29 is 5.11 Å². The van der Waals surface area contributed by atoms with Gasteiger partial charge in [-0.1, -0.05) is 13.8 Å². The van der Waals surface area contributed by atoms with Gasteiger partial charge in [0.15, 0.2) is 0 Å². The predicted octanol–water partition coefficient (Wildman–Crippen LogP) is 1.15. The third-order valence-electron chi connectivity index (χ3n) is 2.53. The molecule has 2 N–H and O–H groups in total. The molecule has 0 saturated heterocycles. The molecule has 0 radical (unpaired) electrons. The summed E-state index contributed by atoms with van der Waals surface area (Å²) in [4.78, 5) is 4.29. The second kappa shape index (κ2) is 6.58. The van der Waals surface area contributed by atoms with E-state index in [1.54, 1.807) is 0 Å². The van der Waals surface area contributed by atoms with E-state index in [2.05, 4.69) is 28.7 Å². The molecular weight excluding hydrogens is 190 g/mol. The van der Waals surface area contributed by atoms with Gasteiger partial charge in [0.1, 0.15) is 5.82 Å². The van der Waals surface area contributed by atoms with Crippen LogP contribution in [0.15, 0.2) is 12.4 Å². The number of hydrogen-bond donors (Lipinski definition) is 2. The smallest absolute Gasteiger partial charge is 0.122 e. The molecule has 0 fully saturated rings.